The Morgan fingerprint density at radius 2 is 2.21 bits per heavy atom. The molecule has 4 rings (SSSR count). The molecule has 1 aliphatic heterocycles. The summed E-state index contributed by atoms with van der Waals surface area (Å²) >= 11 is 1.37. The van der Waals surface area contributed by atoms with Crippen LogP contribution in [0.4, 0.5) is 9.80 Å². The van der Waals surface area contributed by atoms with Crippen LogP contribution in [0.1, 0.15) is 33.8 Å². The highest BCUT2D eigenvalue weighted by Gasteiger charge is 2.27. The number of rotatable bonds is 7. The molecule has 3 aromatic rings. The van der Waals surface area contributed by atoms with Crippen molar-refractivity contribution >= 4 is 28.3 Å². The Morgan fingerprint density at radius 1 is 1.35 bits per heavy atom. The van der Waals surface area contributed by atoms with E-state index in [0.29, 0.717) is 49.5 Å². The number of hydrogen-bond donors (Lipinski definition) is 2. The highest BCUT2D eigenvalue weighted by Crippen LogP contribution is 2.36. The second kappa shape index (κ2) is 10.4. The van der Waals surface area contributed by atoms with E-state index in [9.17, 15) is 14.9 Å². The smallest absolute Gasteiger partial charge is 0.318 e. The molecule has 0 saturated carbocycles. The number of urea groups is 1. The van der Waals surface area contributed by atoms with Gasteiger partial charge in [0.25, 0.3) is 0 Å². The van der Waals surface area contributed by atoms with E-state index in [1.807, 2.05) is 42.1 Å². The highest BCUT2D eigenvalue weighted by molar-refractivity contribution is 7.16. The molecule has 0 saturated heterocycles. The van der Waals surface area contributed by atoms with Gasteiger partial charge < -0.3 is 24.8 Å². The molecule has 0 atom stereocenters. The van der Waals surface area contributed by atoms with E-state index in [1.54, 1.807) is 18.2 Å². The van der Waals surface area contributed by atoms with Crippen molar-refractivity contribution in [1.82, 2.24) is 19.8 Å². The number of hydrogen-bond acceptors (Lipinski definition) is 6. The Labute approximate surface area is 202 Å². The second-order valence-electron chi connectivity index (χ2n) is 8.00. The lowest BCUT2D eigenvalue weighted by Crippen LogP contribution is -2.42. The Bertz CT molecular complexity index is 1240. The zero-order valence-corrected chi connectivity index (χ0v) is 19.9. The van der Waals surface area contributed by atoms with Gasteiger partial charge in [-0.3, -0.25) is 4.79 Å². The van der Waals surface area contributed by atoms with Gasteiger partial charge in [-0.1, -0.05) is 12.1 Å². The molecule has 0 spiro atoms. The SMILES string of the molecule is COc1cccc(CCC(=O)Nc2sc3c(c2C#N)CCN(C(=O)NCc2nccn2C)C3)c1. The number of ether oxygens (including phenoxy) is 1. The molecule has 3 heterocycles. The van der Waals surface area contributed by atoms with Gasteiger partial charge in [-0.15, -0.1) is 11.3 Å². The summed E-state index contributed by atoms with van der Waals surface area (Å²) in [7, 11) is 3.49. The van der Waals surface area contributed by atoms with Gasteiger partial charge in [0.15, 0.2) is 0 Å². The van der Waals surface area contributed by atoms with Crippen LogP contribution in [-0.4, -0.2) is 40.0 Å². The topological polar surface area (TPSA) is 112 Å². The van der Waals surface area contributed by atoms with E-state index in [1.165, 1.54) is 11.3 Å². The summed E-state index contributed by atoms with van der Waals surface area (Å²) in [5.74, 6) is 1.37. The van der Waals surface area contributed by atoms with Crippen molar-refractivity contribution in [2.75, 3.05) is 19.0 Å². The van der Waals surface area contributed by atoms with E-state index in [-0.39, 0.29) is 11.9 Å². The minimum absolute atomic E-state index is 0.150. The fourth-order valence-corrected chi connectivity index (χ4v) is 5.12. The van der Waals surface area contributed by atoms with Gasteiger partial charge in [0.1, 0.15) is 22.6 Å². The number of imidazole rings is 1. The van der Waals surface area contributed by atoms with Gasteiger partial charge in [-0.2, -0.15) is 5.26 Å². The average molecular weight is 479 g/mol. The number of amides is 3. The third kappa shape index (κ3) is 5.21. The van der Waals surface area contributed by atoms with E-state index in [2.05, 4.69) is 21.7 Å². The first kappa shape index (κ1) is 23.3. The number of fused-ring (bicyclic) bond motifs is 1. The number of nitrogens with zero attached hydrogens (tertiary/aromatic N) is 4. The predicted octanol–water partition coefficient (Wildman–Crippen LogP) is 3.20. The number of aryl methyl sites for hydroxylation is 2. The summed E-state index contributed by atoms with van der Waals surface area (Å²) in [4.78, 5) is 32.1. The first-order valence-electron chi connectivity index (χ1n) is 10.9. The van der Waals surface area contributed by atoms with Crippen LogP contribution in [0.15, 0.2) is 36.7 Å². The Hall–Kier alpha value is -3.84. The van der Waals surface area contributed by atoms with Gasteiger partial charge in [0.2, 0.25) is 5.91 Å². The number of thiophene rings is 1. The van der Waals surface area contributed by atoms with E-state index < -0.39 is 0 Å². The number of nitriles is 1. The number of aromatic nitrogens is 2. The lowest BCUT2D eigenvalue weighted by molar-refractivity contribution is -0.116. The van der Waals surface area contributed by atoms with Crippen LogP contribution in [0.5, 0.6) is 5.75 Å². The van der Waals surface area contributed by atoms with Crippen molar-refractivity contribution in [3.05, 3.63) is 64.1 Å². The van der Waals surface area contributed by atoms with Crippen LogP contribution in [0.25, 0.3) is 0 Å². The summed E-state index contributed by atoms with van der Waals surface area (Å²) in [6.45, 7) is 1.25. The summed E-state index contributed by atoms with van der Waals surface area (Å²) in [5, 5.41) is 16.1. The van der Waals surface area contributed by atoms with Crippen LogP contribution in [-0.2, 0) is 37.8 Å². The molecule has 2 aromatic heterocycles. The van der Waals surface area contributed by atoms with Crippen LogP contribution >= 0.6 is 11.3 Å². The van der Waals surface area contributed by atoms with Crippen molar-refractivity contribution in [1.29, 1.82) is 5.26 Å². The summed E-state index contributed by atoms with van der Waals surface area (Å²) in [5.41, 5.74) is 2.43. The zero-order valence-electron chi connectivity index (χ0n) is 19.1. The van der Waals surface area contributed by atoms with Crippen molar-refractivity contribution < 1.29 is 14.3 Å². The lowest BCUT2D eigenvalue weighted by Gasteiger charge is -2.27. The third-order valence-corrected chi connectivity index (χ3v) is 6.93. The van der Waals surface area contributed by atoms with Gasteiger partial charge >= 0.3 is 6.03 Å². The van der Waals surface area contributed by atoms with Gasteiger partial charge in [-0.05, 0) is 36.1 Å². The maximum Gasteiger partial charge on any atom is 0.318 e. The Morgan fingerprint density at radius 3 is 2.94 bits per heavy atom. The normalized spacial score (nSPS) is 12.6. The fourth-order valence-electron chi connectivity index (χ4n) is 3.89. The molecule has 0 fully saturated rings. The Balaban J connectivity index is 1.37. The molecule has 1 aromatic carbocycles. The molecule has 3 amide bonds. The maximum absolute atomic E-state index is 12.7. The van der Waals surface area contributed by atoms with Crippen molar-refractivity contribution in [3.8, 4) is 11.8 Å². The molecule has 176 valence electrons. The van der Waals surface area contributed by atoms with Crippen LogP contribution < -0.4 is 15.4 Å². The van der Waals surface area contributed by atoms with Crippen molar-refractivity contribution in [2.24, 2.45) is 7.05 Å². The molecule has 34 heavy (non-hydrogen) atoms. The average Bonchev–Trinajstić information content (AvgIpc) is 3.42. The van der Waals surface area contributed by atoms with Crippen LogP contribution in [0.3, 0.4) is 0 Å². The molecule has 0 bridgehead atoms. The van der Waals surface area contributed by atoms with Crippen LogP contribution in [0.2, 0.25) is 0 Å². The predicted molar refractivity (Wildman–Crippen MR) is 129 cm³/mol. The molecule has 0 aliphatic carbocycles. The quantitative estimate of drug-likeness (QED) is 0.542. The molecule has 10 heteroatoms. The monoisotopic (exact) mass is 478 g/mol. The number of carbonyl (C=O) groups is 2. The third-order valence-electron chi connectivity index (χ3n) is 5.80. The first-order chi connectivity index (χ1) is 16.5. The number of benzene rings is 1. The number of methoxy groups -OCH3 is 1. The van der Waals surface area contributed by atoms with E-state index in [4.69, 9.17) is 4.74 Å². The summed E-state index contributed by atoms with van der Waals surface area (Å²) in [6.07, 6.45) is 4.96. The lowest BCUT2D eigenvalue weighted by atomic mass is 10.0. The van der Waals surface area contributed by atoms with E-state index in [0.717, 1.165) is 27.6 Å². The highest BCUT2D eigenvalue weighted by atomic mass is 32.1. The van der Waals surface area contributed by atoms with Gasteiger partial charge in [-0.25, -0.2) is 9.78 Å². The Kier molecular flexibility index (Phi) is 7.13. The van der Waals surface area contributed by atoms with Crippen molar-refractivity contribution in [2.45, 2.75) is 32.4 Å². The largest absolute Gasteiger partial charge is 0.497 e. The molecule has 0 unspecified atom stereocenters. The summed E-state index contributed by atoms with van der Waals surface area (Å²) in [6, 6.07) is 9.68. The van der Waals surface area contributed by atoms with Crippen LogP contribution in [0, 0.1) is 11.3 Å². The van der Waals surface area contributed by atoms with Gasteiger partial charge in [0, 0.05) is 37.3 Å². The number of nitrogens with one attached hydrogen (secondary N) is 2. The van der Waals surface area contributed by atoms with Crippen molar-refractivity contribution in [3.63, 3.8) is 0 Å². The van der Waals surface area contributed by atoms with Gasteiger partial charge in [0.05, 0.1) is 25.8 Å². The first-order valence-corrected chi connectivity index (χ1v) is 11.8. The molecule has 0 radical (unpaired) electrons. The minimum Gasteiger partial charge on any atom is -0.497 e. The summed E-state index contributed by atoms with van der Waals surface area (Å²) < 4.78 is 7.08. The minimum atomic E-state index is -0.176. The second-order valence-corrected chi connectivity index (χ2v) is 9.11. The molecular formula is C24H26N6O3S. The zero-order chi connectivity index (χ0) is 24.1. The fraction of sp³-hybridized carbons (Fsp3) is 0.333. The molecule has 1 aliphatic rings. The molecule has 9 nitrogen and oxygen atoms in total. The van der Waals surface area contributed by atoms with E-state index >= 15 is 0 Å². The molecule has 2 N–H and O–H groups in total. The maximum atomic E-state index is 12.7. The standard InChI is InChI=1S/C24H26N6O3S/c1-29-11-9-26-21(29)14-27-24(32)30-10-8-18-19(13-25)23(34-20(18)15-30)28-22(31)7-6-16-4-3-5-17(12-16)33-2/h3-5,9,11-12H,6-8,10,14-15H2,1-2H3,(H,27,32)(H,28,31). The molecular weight excluding hydrogens is 452 g/mol. The number of carbonyl (C=O) groups excluding carboxylic acids is 2. The number of anilines is 1.